The van der Waals surface area contributed by atoms with E-state index in [4.69, 9.17) is 37.4 Å². The molecule has 0 aliphatic heterocycles. The number of hydrogen-bond acceptors (Lipinski definition) is 4. The van der Waals surface area contributed by atoms with E-state index in [0.717, 1.165) is 11.3 Å². The van der Waals surface area contributed by atoms with Crippen molar-refractivity contribution >= 4 is 29.0 Å². The van der Waals surface area contributed by atoms with E-state index in [0.29, 0.717) is 23.9 Å². The number of aryl methyl sites for hydroxylation is 1. The third-order valence-corrected chi connectivity index (χ3v) is 3.44. The maximum Gasteiger partial charge on any atom is 0.167 e. The van der Waals surface area contributed by atoms with Gasteiger partial charge in [-0.25, -0.2) is 0 Å². The lowest BCUT2D eigenvalue weighted by molar-refractivity contribution is -0.118. The molecule has 0 saturated carbocycles. The summed E-state index contributed by atoms with van der Waals surface area (Å²) in [6.45, 7) is 3.76. The molecule has 2 aromatic carbocycles. The minimum absolute atomic E-state index is 0.0259. The molecule has 0 unspecified atom stereocenters. The summed E-state index contributed by atoms with van der Waals surface area (Å²) in [5, 5.41) is 0. The van der Waals surface area contributed by atoms with Crippen molar-refractivity contribution in [2.45, 2.75) is 13.8 Å². The van der Waals surface area contributed by atoms with Crippen LogP contribution in [-0.4, -0.2) is 19.0 Å². The van der Waals surface area contributed by atoms with E-state index in [1.165, 1.54) is 6.92 Å². The minimum atomic E-state index is -0.0259. The highest BCUT2D eigenvalue weighted by atomic mass is 35.5. The van der Waals surface area contributed by atoms with Crippen molar-refractivity contribution in [2.75, 3.05) is 13.2 Å². The van der Waals surface area contributed by atoms with Crippen molar-refractivity contribution in [1.82, 2.24) is 0 Å². The van der Waals surface area contributed by atoms with Gasteiger partial charge >= 0.3 is 0 Å². The summed E-state index contributed by atoms with van der Waals surface area (Å²) in [7, 11) is 0. The van der Waals surface area contributed by atoms with Gasteiger partial charge < -0.3 is 14.2 Å². The first-order valence-corrected chi connectivity index (χ1v) is 8.34. The van der Waals surface area contributed by atoms with E-state index < -0.39 is 0 Å². The summed E-state index contributed by atoms with van der Waals surface area (Å²) in [6, 6.07) is 12.6. The van der Waals surface area contributed by atoms with Crippen molar-refractivity contribution in [2.24, 2.45) is 0 Å². The molecule has 2 rings (SSSR count). The van der Waals surface area contributed by atoms with Gasteiger partial charge in [-0.3, -0.25) is 4.79 Å². The molecule has 0 atom stereocenters. The maximum atomic E-state index is 10.9. The molecule has 0 radical (unpaired) electrons. The average Bonchev–Trinajstić information content (AvgIpc) is 2.56. The number of rotatable bonds is 8. The molecule has 132 valence electrons. The SMILES string of the molecule is CC(=O)COc1ccc(Oc2ccc(OCC=C(Cl)Cl)cc2C)cc1. The summed E-state index contributed by atoms with van der Waals surface area (Å²) in [4.78, 5) is 10.9. The summed E-state index contributed by atoms with van der Waals surface area (Å²) >= 11 is 11.1. The van der Waals surface area contributed by atoms with Crippen LogP contribution in [0.25, 0.3) is 0 Å². The fraction of sp³-hybridized carbons (Fsp3) is 0.211. The van der Waals surface area contributed by atoms with E-state index in [-0.39, 0.29) is 16.9 Å². The Morgan fingerprint density at radius 3 is 2.24 bits per heavy atom. The zero-order chi connectivity index (χ0) is 18.2. The van der Waals surface area contributed by atoms with Crippen LogP contribution in [0.5, 0.6) is 23.0 Å². The zero-order valence-electron chi connectivity index (χ0n) is 13.9. The van der Waals surface area contributed by atoms with Crippen molar-refractivity contribution in [3.8, 4) is 23.0 Å². The van der Waals surface area contributed by atoms with Gasteiger partial charge in [-0.1, -0.05) is 23.2 Å². The van der Waals surface area contributed by atoms with Crippen LogP contribution in [-0.2, 0) is 4.79 Å². The van der Waals surface area contributed by atoms with Gasteiger partial charge in [0.2, 0.25) is 0 Å². The lowest BCUT2D eigenvalue weighted by atomic mass is 10.2. The fourth-order valence-corrected chi connectivity index (χ4v) is 2.07. The predicted octanol–water partition coefficient (Wildman–Crippen LogP) is 5.45. The predicted molar refractivity (Wildman–Crippen MR) is 99.2 cm³/mol. The van der Waals surface area contributed by atoms with E-state index in [2.05, 4.69) is 0 Å². The first-order chi connectivity index (χ1) is 11.9. The standard InChI is InChI=1S/C19H18Cl2O4/c1-13-11-17(23-10-9-19(20)21)7-8-18(13)25-16-5-3-15(4-6-16)24-12-14(2)22/h3-9,11H,10,12H2,1-2H3. The van der Waals surface area contributed by atoms with E-state index in [1.54, 1.807) is 30.3 Å². The number of ketones is 1. The molecule has 2 aromatic rings. The third kappa shape index (κ3) is 6.69. The second-order valence-corrected chi connectivity index (χ2v) is 6.30. The molecule has 0 N–H and O–H groups in total. The summed E-state index contributed by atoms with van der Waals surface area (Å²) in [5.74, 6) is 2.68. The van der Waals surface area contributed by atoms with Crippen LogP contribution < -0.4 is 14.2 Å². The highest BCUT2D eigenvalue weighted by Crippen LogP contribution is 2.29. The molecule has 0 aliphatic rings. The molecule has 25 heavy (non-hydrogen) atoms. The Kier molecular flexibility index (Phi) is 7.16. The monoisotopic (exact) mass is 380 g/mol. The molecular formula is C19H18Cl2O4. The second-order valence-electron chi connectivity index (χ2n) is 5.30. The number of benzene rings is 2. The van der Waals surface area contributed by atoms with E-state index in [1.807, 2.05) is 25.1 Å². The van der Waals surface area contributed by atoms with Gasteiger partial charge in [0.1, 0.15) is 40.7 Å². The molecule has 0 bridgehead atoms. The molecule has 0 heterocycles. The highest BCUT2D eigenvalue weighted by molar-refractivity contribution is 6.55. The van der Waals surface area contributed by atoms with E-state index in [9.17, 15) is 4.79 Å². The van der Waals surface area contributed by atoms with Gasteiger partial charge in [0, 0.05) is 0 Å². The van der Waals surface area contributed by atoms with E-state index >= 15 is 0 Å². The summed E-state index contributed by atoms with van der Waals surface area (Å²) in [6.07, 6.45) is 1.57. The topological polar surface area (TPSA) is 44.8 Å². The zero-order valence-corrected chi connectivity index (χ0v) is 15.4. The van der Waals surface area contributed by atoms with Crippen molar-refractivity contribution in [3.63, 3.8) is 0 Å². The van der Waals surface area contributed by atoms with Crippen molar-refractivity contribution < 1.29 is 19.0 Å². The Hall–Kier alpha value is -2.17. The Balaban J connectivity index is 1.97. The van der Waals surface area contributed by atoms with Crippen LogP contribution in [0.2, 0.25) is 0 Å². The normalized spacial score (nSPS) is 10.1. The molecule has 0 aliphatic carbocycles. The first-order valence-electron chi connectivity index (χ1n) is 7.59. The highest BCUT2D eigenvalue weighted by Gasteiger charge is 2.05. The Morgan fingerprint density at radius 2 is 1.64 bits per heavy atom. The van der Waals surface area contributed by atoms with Crippen LogP contribution >= 0.6 is 23.2 Å². The molecule has 0 saturated heterocycles. The molecule has 0 amide bonds. The van der Waals surface area contributed by atoms with Crippen LogP contribution in [0, 0.1) is 6.92 Å². The van der Waals surface area contributed by atoms with Crippen LogP contribution in [0.15, 0.2) is 53.0 Å². The molecule has 0 fully saturated rings. The fourth-order valence-electron chi connectivity index (χ4n) is 1.94. The molecular weight excluding hydrogens is 363 g/mol. The minimum Gasteiger partial charge on any atom is -0.489 e. The third-order valence-electron chi connectivity index (χ3n) is 3.13. The number of ether oxygens (including phenoxy) is 3. The van der Waals surface area contributed by atoms with Gasteiger partial charge in [-0.2, -0.15) is 0 Å². The molecule has 6 heteroatoms. The van der Waals surface area contributed by atoms with Gasteiger partial charge in [0.05, 0.1) is 0 Å². The van der Waals surface area contributed by atoms with Gasteiger partial charge in [0.25, 0.3) is 0 Å². The molecule has 0 spiro atoms. The number of carbonyl (C=O) groups is 1. The van der Waals surface area contributed by atoms with Crippen LogP contribution in [0.4, 0.5) is 0 Å². The average molecular weight is 381 g/mol. The van der Waals surface area contributed by atoms with Crippen LogP contribution in [0.3, 0.4) is 0 Å². The lowest BCUT2D eigenvalue weighted by Gasteiger charge is -2.11. The first kappa shape index (κ1) is 19.2. The summed E-state index contributed by atoms with van der Waals surface area (Å²) in [5.41, 5.74) is 0.926. The Bertz CT molecular complexity index is 751. The van der Waals surface area contributed by atoms with Gasteiger partial charge in [-0.05, 0) is 68.0 Å². The second kappa shape index (κ2) is 9.35. The summed E-state index contributed by atoms with van der Waals surface area (Å²) < 4.78 is 16.9. The maximum absolute atomic E-state index is 10.9. The van der Waals surface area contributed by atoms with Crippen molar-refractivity contribution in [3.05, 3.63) is 58.6 Å². The van der Waals surface area contributed by atoms with Gasteiger partial charge in [-0.15, -0.1) is 0 Å². The largest absolute Gasteiger partial charge is 0.489 e. The number of carbonyl (C=O) groups excluding carboxylic acids is 1. The molecule has 4 nitrogen and oxygen atoms in total. The van der Waals surface area contributed by atoms with Crippen LogP contribution in [0.1, 0.15) is 12.5 Å². The number of halogens is 2. The quantitative estimate of drug-likeness (QED) is 0.610. The van der Waals surface area contributed by atoms with Crippen molar-refractivity contribution in [1.29, 1.82) is 0 Å². The lowest BCUT2D eigenvalue weighted by Crippen LogP contribution is -2.06. The van der Waals surface area contributed by atoms with Gasteiger partial charge in [0.15, 0.2) is 5.78 Å². The number of hydrogen-bond donors (Lipinski definition) is 0. The molecule has 0 aromatic heterocycles. The number of Topliss-reactive ketones (excluding diaryl/α,β-unsaturated/α-hetero) is 1. The Labute approximate surface area is 156 Å². The Morgan fingerprint density at radius 1 is 1.00 bits per heavy atom. The smallest absolute Gasteiger partial charge is 0.167 e.